The first-order valence-electron chi connectivity index (χ1n) is 6.10. The summed E-state index contributed by atoms with van der Waals surface area (Å²) in [5.41, 5.74) is 4.65. The van der Waals surface area contributed by atoms with Crippen LogP contribution in [0, 0.1) is 6.92 Å². The van der Waals surface area contributed by atoms with Gasteiger partial charge in [0.05, 0.1) is 16.6 Å². The van der Waals surface area contributed by atoms with E-state index < -0.39 is 0 Å². The molecule has 18 heavy (non-hydrogen) atoms. The van der Waals surface area contributed by atoms with Crippen molar-refractivity contribution in [2.75, 3.05) is 0 Å². The molecule has 0 spiro atoms. The third kappa shape index (κ3) is 1.20. The van der Waals surface area contributed by atoms with Crippen molar-refractivity contribution in [2.24, 2.45) is 0 Å². The Bertz CT molecular complexity index is 887. The molecule has 2 heterocycles. The number of benzene rings is 2. The van der Waals surface area contributed by atoms with E-state index >= 15 is 0 Å². The van der Waals surface area contributed by atoms with E-state index in [2.05, 4.69) is 60.6 Å². The summed E-state index contributed by atoms with van der Waals surface area (Å²) in [5.74, 6) is 0. The van der Waals surface area contributed by atoms with Crippen LogP contribution in [0.4, 0.5) is 0 Å². The Balaban J connectivity index is 2.28. The van der Waals surface area contributed by atoms with E-state index in [4.69, 9.17) is 0 Å². The summed E-state index contributed by atoms with van der Waals surface area (Å²) in [7, 11) is 0. The Hall–Kier alpha value is -2.35. The molecule has 0 unspecified atom stereocenters. The number of aryl methyl sites for hydroxylation is 1. The van der Waals surface area contributed by atoms with Crippen molar-refractivity contribution in [3.8, 4) is 0 Å². The molecule has 0 radical (unpaired) electrons. The van der Waals surface area contributed by atoms with Gasteiger partial charge < -0.3 is 0 Å². The van der Waals surface area contributed by atoms with Crippen LogP contribution in [-0.4, -0.2) is 9.61 Å². The predicted octanol–water partition coefficient (Wildman–Crippen LogP) is 3.95. The second-order valence-electron chi connectivity index (χ2n) is 4.71. The summed E-state index contributed by atoms with van der Waals surface area (Å²) >= 11 is 0. The van der Waals surface area contributed by atoms with Crippen LogP contribution in [0.1, 0.15) is 5.56 Å². The van der Waals surface area contributed by atoms with Crippen LogP contribution in [0.3, 0.4) is 0 Å². The molecule has 0 atom stereocenters. The van der Waals surface area contributed by atoms with E-state index in [0.29, 0.717) is 0 Å². The fourth-order valence-electron chi connectivity index (χ4n) is 2.57. The van der Waals surface area contributed by atoms with Gasteiger partial charge in [0.2, 0.25) is 0 Å². The molecule has 0 N–H and O–H groups in total. The van der Waals surface area contributed by atoms with Gasteiger partial charge in [-0.2, -0.15) is 5.10 Å². The summed E-state index contributed by atoms with van der Waals surface area (Å²) in [6.07, 6.45) is 0. The highest BCUT2D eigenvalue weighted by molar-refractivity contribution is 5.97. The maximum absolute atomic E-state index is 4.69. The van der Waals surface area contributed by atoms with Crippen molar-refractivity contribution in [3.63, 3.8) is 0 Å². The summed E-state index contributed by atoms with van der Waals surface area (Å²) in [6, 6.07) is 19.1. The molecule has 4 aromatic rings. The Morgan fingerprint density at radius 2 is 1.72 bits per heavy atom. The van der Waals surface area contributed by atoms with Gasteiger partial charge in [-0.1, -0.05) is 35.9 Å². The normalized spacial score (nSPS) is 11.6. The highest BCUT2D eigenvalue weighted by Gasteiger charge is 2.06. The fourth-order valence-corrected chi connectivity index (χ4v) is 2.57. The molecule has 0 bridgehead atoms. The van der Waals surface area contributed by atoms with Gasteiger partial charge in [-0.05, 0) is 31.2 Å². The van der Waals surface area contributed by atoms with Crippen molar-refractivity contribution in [3.05, 3.63) is 60.2 Å². The van der Waals surface area contributed by atoms with Gasteiger partial charge >= 0.3 is 0 Å². The van der Waals surface area contributed by atoms with Crippen molar-refractivity contribution >= 4 is 27.3 Å². The van der Waals surface area contributed by atoms with E-state index in [0.717, 1.165) is 11.0 Å². The van der Waals surface area contributed by atoms with Crippen LogP contribution in [-0.2, 0) is 0 Å². The van der Waals surface area contributed by atoms with Gasteiger partial charge in [0, 0.05) is 10.8 Å². The summed E-state index contributed by atoms with van der Waals surface area (Å²) in [5, 5.41) is 7.13. The highest BCUT2D eigenvalue weighted by Crippen LogP contribution is 2.24. The van der Waals surface area contributed by atoms with Crippen LogP contribution in [0.2, 0.25) is 0 Å². The lowest BCUT2D eigenvalue weighted by molar-refractivity contribution is 1.03. The lowest BCUT2D eigenvalue weighted by atomic mass is 10.1. The lowest BCUT2D eigenvalue weighted by Crippen LogP contribution is -1.89. The highest BCUT2D eigenvalue weighted by atomic mass is 15.2. The molecule has 0 aliphatic rings. The molecule has 2 aromatic heterocycles. The summed E-state index contributed by atoms with van der Waals surface area (Å²) in [6.45, 7) is 2.11. The van der Waals surface area contributed by atoms with Crippen molar-refractivity contribution in [1.29, 1.82) is 0 Å². The molecule has 0 amide bonds. The zero-order valence-electron chi connectivity index (χ0n) is 10.1. The van der Waals surface area contributed by atoms with E-state index in [1.165, 1.54) is 21.9 Å². The molecule has 86 valence electrons. The van der Waals surface area contributed by atoms with Gasteiger partial charge in [-0.15, -0.1) is 0 Å². The monoisotopic (exact) mass is 232 g/mol. The number of hydrogen-bond donors (Lipinski definition) is 0. The molecule has 4 rings (SSSR count). The van der Waals surface area contributed by atoms with Crippen LogP contribution < -0.4 is 0 Å². The van der Waals surface area contributed by atoms with Crippen LogP contribution in [0.25, 0.3) is 27.3 Å². The van der Waals surface area contributed by atoms with Crippen LogP contribution in [0.15, 0.2) is 54.6 Å². The van der Waals surface area contributed by atoms with Gasteiger partial charge in [-0.3, -0.25) is 0 Å². The molecule has 0 saturated carbocycles. The summed E-state index contributed by atoms with van der Waals surface area (Å²) in [4.78, 5) is 0. The van der Waals surface area contributed by atoms with Gasteiger partial charge in [0.15, 0.2) is 0 Å². The largest absolute Gasteiger partial charge is 0.232 e. The van der Waals surface area contributed by atoms with E-state index in [9.17, 15) is 0 Å². The van der Waals surface area contributed by atoms with E-state index in [1.54, 1.807) is 0 Å². The molecule has 0 aliphatic heterocycles. The average molecular weight is 232 g/mol. The van der Waals surface area contributed by atoms with Gasteiger partial charge in [0.1, 0.15) is 0 Å². The molecule has 2 nitrogen and oxygen atoms in total. The number of hydrogen-bond acceptors (Lipinski definition) is 1. The van der Waals surface area contributed by atoms with Gasteiger partial charge in [0.25, 0.3) is 0 Å². The Morgan fingerprint density at radius 3 is 2.67 bits per heavy atom. The molecule has 2 heteroatoms. The Labute approximate surface area is 104 Å². The minimum absolute atomic E-state index is 1.05. The van der Waals surface area contributed by atoms with Crippen molar-refractivity contribution in [1.82, 2.24) is 9.61 Å². The summed E-state index contributed by atoms with van der Waals surface area (Å²) < 4.78 is 2.04. The zero-order valence-corrected chi connectivity index (χ0v) is 10.1. The Kier molecular flexibility index (Phi) is 1.78. The zero-order chi connectivity index (χ0) is 12.1. The lowest BCUT2D eigenvalue weighted by Gasteiger charge is -2.02. The molecule has 0 aliphatic carbocycles. The number of fused-ring (bicyclic) bond motifs is 5. The number of pyridine rings is 1. The quantitative estimate of drug-likeness (QED) is 0.448. The molecular weight excluding hydrogens is 220 g/mol. The van der Waals surface area contributed by atoms with Crippen LogP contribution in [0.5, 0.6) is 0 Å². The third-order valence-corrected chi connectivity index (χ3v) is 3.45. The maximum Gasteiger partial charge on any atom is 0.0934 e. The minimum atomic E-state index is 1.05. The van der Waals surface area contributed by atoms with Crippen molar-refractivity contribution in [2.45, 2.75) is 6.92 Å². The predicted molar refractivity (Wildman–Crippen MR) is 74.9 cm³/mol. The van der Waals surface area contributed by atoms with Gasteiger partial charge in [-0.25, -0.2) is 4.52 Å². The number of aromatic nitrogens is 2. The van der Waals surface area contributed by atoms with Crippen LogP contribution >= 0.6 is 0 Å². The molecular formula is C16H12N2. The smallest absolute Gasteiger partial charge is 0.0934 e. The second-order valence-corrected chi connectivity index (χ2v) is 4.71. The first kappa shape index (κ1) is 9.66. The molecule has 0 saturated heterocycles. The fraction of sp³-hybridized carbons (Fsp3) is 0.0625. The van der Waals surface area contributed by atoms with E-state index in [-0.39, 0.29) is 0 Å². The average Bonchev–Trinajstić information content (AvgIpc) is 2.77. The first-order valence-corrected chi connectivity index (χ1v) is 6.10. The Morgan fingerprint density at radius 1 is 0.889 bits per heavy atom. The minimum Gasteiger partial charge on any atom is -0.232 e. The first-order chi connectivity index (χ1) is 8.83. The maximum atomic E-state index is 4.69. The number of rotatable bonds is 0. The van der Waals surface area contributed by atoms with Crippen molar-refractivity contribution < 1.29 is 0 Å². The number of nitrogens with zero attached hydrogens (tertiary/aromatic N) is 2. The topological polar surface area (TPSA) is 17.3 Å². The second kappa shape index (κ2) is 3.33. The standard InChI is InChI=1S/C16H12N2/c1-11-6-8-15-12(10-11)7-9-16-13-4-2-3-5-14(13)17-18(15)16/h2-10H,1H3. The molecule has 2 aromatic carbocycles. The molecule has 0 fully saturated rings. The SMILES string of the molecule is Cc1ccc2c(ccc3c4ccccc4nn23)c1. The third-order valence-electron chi connectivity index (χ3n) is 3.45. The van der Waals surface area contributed by atoms with E-state index in [1.807, 2.05) is 10.6 Å².